The number of aromatic nitrogens is 2. The van der Waals surface area contributed by atoms with E-state index in [0.717, 1.165) is 63.5 Å². The Kier molecular flexibility index (Phi) is 5.38. The molecule has 0 N–H and O–H groups in total. The van der Waals surface area contributed by atoms with Crippen molar-refractivity contribution in [1.29, 1.82) is 0 Å². The Morgan fingerprint density at radius 1 is 1.00 bits per heavy atom. The number of carbonyl (C=O) groups excluding carboxylic acids is 1. The molecule has 154 valence electrons. The Hall–Kier alpha value is -2.18. The second-order valence-corrected chi connectivity index (χ2v) is 8.68. The summed E-state index contributed by atoms with van der Waals surface area (Å²) in [4.78, 5) is 20.3. The molecule has 0 radical (unpaired) electrons. The smallest absolute Gasteiger partial charge is 0.257 e. The highest BCUT2D eigenvalue weighted by molar-refractivity contribution is 5.95. The van der Waals surface area contributed by atoms with Crippen molar-refractivity contribution in [3.63, 3.8) is 0 Å². The zero-order valence-corrected chi connectivity index (χ0v) is 17.2. The van der Waals surface area contributed by atoms with E-state index in [4.69, 9.17) is 0 Å². The van der Waals surface area contributed by atoms with Crippen LogP contribution in [0.4, 0.5) is 0 Å². The molecule has 6 nitrogen and oxygen atoms in total. The number of hydrogen-bond acceptors (Lipinski definition) is 4. The minimum atomic E-state index is 0.185. The van der Waals surface area contributed by atoms with Gasteiger partial charge in [0, 0.05) is 58.4 Å². The fourth-order valence-corrected chi connectivity index (χ4v) is 5.16. The van der Waals surface area contributed by atoms with Gasteiger partial charge < -0.3 is 4.90 Å². The Morgan fingerprint density at radius 2 is 1.83 bits per heavy atom. The van der Waals surface area contributed by atoms with Gasteiger partial charge in [-0.05, 0) is 31.2 Å². The largest absolute Gasteiger partial charge is 0.336 e. The van der Waals surface area contributed by atoms with Crippen LogP contribution >= 0.6 is 0 Å². The van der Waals surface area contributed by atoms with Crippen molar-refractivity contribution in [3.8, 4) is 0 Å². The van der Waals surface area contributed by atoms with Crippen LogP contribution in [0.2, 0.25) is 0 Å². The predicted octanol–water partition coefficient (Wildman–Crippen LogP) is 2.25. The second-order valence-electron chi connectivity index (χ2n) is 8.68. The lowest BCUT2D eigenvalue weighted by atomic mass is 10.1. The molecule has 2 fully saturated rings. The molecule has 3 aliphatic rings. The van der Waals surface area contributed by atoms with Crippen molar-refractivity contribution in [3.05, 3.63) is 53.3 Å². The monoisotopic (exact) mass is 393 g/mol. The van der Waals surface area contributed by atoms with Crippen molar-refractivity contribution < 1.29 is 4.79 Å². The predicted molar refractivity (Wildman–Crippen MR) is 113 cm³/mol. The number of fused-ring (bicyclic) bond motifs is 1. The summed E-state index contributed by atoms with van der Waals surface area (Å²) >= 11 is 0. The van der Waals surface area contributed by atoms with Crippen LogP contribution in [-0.4, -0.2) is 75.7 Å². The number of rotatable bonds is 4. The van der Waals surface area contributed by atoms with E-state index < -0.39 is 0 Å². The minimum Gasteiger partial charge on any atom is -0.336 e. The molecule has 1 aromatic carbocycles. The Labute approximate surface area is 173 Å². The average molecular weight is 394 g/mol. The highest BCUT2D eigenvalue weighted by atomic mass is 16.2. The third-order valence-corrected chi connectivity index (χ3v) is 6.83. The van der Waals surface area contributed by atoms with Crippen molar-refractivity contribution in [2.75, 3.05) is 39.3 Å². The molecule has 3 aliphatic heterocycles. The average Bonchev–Trinajstić information content (AvgIpc) is 3.41. The highest BCUT2D eigenvalue weighted by Crippen LogP contribution is 2.22. The number of benzene rings is 1. The zero-order chi connectivity index (χ0) is 19.6. The fraction of sp³-hybridized carbons (Fsp3) is 0.565. The summed E-state index contributed by atoms with van der Waals surface area (Å²) in [7, 11) is 0. The summed E-state index contributed by atoms with van der Waals surface area (Å²) in [5.41, 5.74) is 3.39. The zero-order valence-electron chi connectivity index (χ0n) is 17.2. The lowest BCUT2D eigenvalue weighted by Gasteiger charge is -2.38. The fourth-order valence-electron chi connectivity index (χ4n) is 5.16. The van der Waals surface area contributed by atoms with Crippen LogP contribution in [0.15, 0.2) is 36.5 Å². The maximum atomic E-state index is 13.1. The van der Waals surface area contributed by atoms with E-state index in [2.05, 4.69) is 45.2 Å². The van der Waals surface area contributed by atoms with Crippen LogP contribution in [0.1, 0.15) is 40.9 Å². The molecule has 5 rings (SSSR count). The number of nitrogens with zero attached hydrogens (tertiary/aromatic N) is 5. The van der Waals surface area contributed by atoms with E-state index in [1.807, 2.05) is 9.58 Å². The first-order valence-corrected chi connectivity index (χ1v) is 11.1. The van der Waals surface area contributed by atoms with Crippen molar-refractivity contribution in [2.24, 2.45) is 0 Å². The molecule has 0 aliphatic carbocycles. The molecule has 2 saturated heterocycles. The summed E-state index contributed by atoms with van der Waals surface area (Å²) in [6, 6.07) is 11.4. The molecule has 1 amide bonds. The SMILES string of the molecule is O=C(c1cnn2c1CCCC2)N1CCN(C2CCN(Cc3ccccc3)C2)CC1. The first kappa shape index (κ1) is 18.8. The lowest BCUT2D eigenvalue weighted by molar-refractivity contribution is 0.0572. The molecule has 1 unspecified atom stereocenters. The molecule has 4 heterocycles. The highest BCUT2D eigenvalue weighted by Gasteiger charge is 2.32. The lowest BCUT2D eigenvalue weighted by Crippen LogP contribution is -2.52. The van der Waals surface area contributed by atoms with Crippen molar-refractivity contribution in [1.82, 2.24) is 24.5 Å². The number of carbonyl (C=O) groups is 1. The summed E-state index contributed by atoms with van der Waals surface area (Å²) in [6.07, 6.45) is 6.36. The quantitative estimate of drug-likeness (QED) is 0.799. The maximum absolute atomic E-state index is 13.1. The molecule has 29 heavy (non-hydrogen) atoms. The molecule has 1 atom stereocenters. The van der Waals surface area contributed by atoms with Crippen LogP contribution in [-0.2, 0) is 19.5 Å². The van der Waals surface area contributed by atoms with Gasteiger partial charge in [-0.1, -0.05) is 30.3 Å². The van der Waals surface area contributed by atoms with Gasteiger partial charge in [-0.2, -0.15) is 5.10 Å². The Bertz CT molecular complexity index is 840. The van der Waals surface area contributed by atoms with E-state index in [0.29, 0.717) is 6.04 Å². The van der Waals surface area contributed by atoms with Crippen LogP contribution < -0.4 is 0 Å². The number of hydrogen-bond donors (Lipinski definition) is 0. The van der Waals surface area contributed by atoms with E-state index >= 15 is 0 Å². The van der Waals surface area contributed by atoms with Gasteiger partial charge in [-0.25, -0.2) is 0 Å². The molecule has 6 heteroatoms. The first-order valence-electron chi connectivity index (χ1n) is 11.1. The number of aryl methyl sites for hydroxylation is 1. The van der Waals surface area contributed by atoms with E-state index in [1.165, 1.54) is 31.4 Å². The Balaban J connectivity index is 1.14. The number of likely N-dealkylation sites (tertiary alicyclic amines) is 1. The summed E-state index contributed by atoms with van der Waals surface area (Å²) in [5.74, 6) is 0.185. The van der Waals surface area contributed by atoms with E-state index in [-0.39, 0.29) is 5.91 Å². The van der Waals surface area contributed by atoms with Crippen LogP contribution in [0.5, 0.6) is 0 Å². The molecule has 0 saturated carbocycles. The molecular weight excluding hydrogens is 362 g/mol. The summed E-state index contributed by atoms with van der Waals surface area (Å²) < 4.78 is 2.03. The molecular formula is C23H31N5O. The van der Waals surface area contributed by atoms with Crippen LogP contribution in [0.3, 0.4) is 0 Å². The van der Waals surface area contributed by atoms with E-state index in [1.54, 1.807) is 6.20 Å². The van der Waals surface area contributed by atoms with Gasteiger partial charge in [-0.15, -0.1) is 0 Å². The Morgan fingerprint density at radius 3 is 2.66 bits per heavy atom. The topological polar surface area (TPSA) is 44.6 Å². The molecule has 0 bridgehead atoms. The molecule has 1 aromatic heterocycles. The van der Waals surface area contributed by atoms with Crippen LogP contribution in [0, 0.1) is 0 Å². The van der Waals surface area contributed by atoms with Gasteiger partial charge in [0.25, 0.3) is 5.91 Å². The first-order chi connectivity index (χ1) is 14.3. The van der Waals surface area contributed by atoms with Gasteiger partial charge in [0.15, 0.2) is 0 Å². The summed E-state index contributed by atoms with van der Waals surface area (Å²) in [5, 5.41) is 4.45. The second kappa shape index (κ2) is 8.28. The molecule has 0 spiro atoms. The number of amides is 1. The third-order valence-electron chi connectivity index (χ3n) is 6.83. The van der Waals surface area contributed by atoms with Gasteiger partial charge >= 0.3 is 0 Å². The van der Waals surface area contributed by atoms with Gasteiger partial charge in [0.2, 0.25) is 0 Å². The summed E-state index contributed by atoms with van der Waals surface area (Å²) in [6.45, 7) is 7.94. The maximum Gasteiger partial charge on any atom is 0.257 e. The standard InChI is InChI=1S/C23H31N5O/c29-23(21-16-24-28-10-5-4-8-22(21)28)27-14-12-26(13-15-27)20-9-11-25(18-20)17-19-6-2-1-3-7-19/h1-3,6-7,16,20H,4-5,8-15,17-18H2. The van der Waals surface area contributed by atoms with Gasteiger partial charge in [0.1, 0.15) is 0 Å². The molecule has 2 aromatic rings. The van der Waals surface area contributed by atoms with Crippen LogP contribution in [0.25, 0.3) is 0 Å². The van der Waals surface area contributed by atoms with Gasteiger partial charge in [-0.3, -0.25) is 19.3 Å². The normalized spacial score (nSPS) is 23.3. The number of piperazine rings is 1. The van der Waals surface area contributed by atoms with Gasteiger partial charge in [0.05, 0.1) is 17.5 Å². The van der Waals surface area contributed by atoms with Crippen molar-refractivity contribution in [2.45, 2.75) is 44.8 Å². The minimum absolute atomic E-state index is 0.185. The van der Waals surface area contributed by atoms with E-state index in [9.17, 15) is 4.79 Å². The van der Waals surface area contributed by atoms with Crippen molar-refractivity contribution >= 4 is 5.91 Å². The third kappa shape index (κ3) is 3.96.